The zero-order valence-corrected chi connectivity index (χ0v) is 15.4. The van der Waals surface area contributed by atoms with Crippen LogP contribution in [0.25, 0.3) is 15.8 Å². The van der Waals surface area contributed by atoms with Gasteiger partial charge in [-0.05, 0) is 42.2 Å². The number of nitrogens with zero attached hydrogens (tertiary/aromatic N) is 1. The summed E-state index contributed by atoms with van der Waals surface area (Å²) in [6.45, 7) is 2.57. The highest BCUT2D eigenvalue weighted by Crippen LogP contribution is 2.40. The maximum atomic E-state index is 6.14. The van der Waals surface area contributed by atoms with E-state index in [2.05, 4.69) is 46.8 Å². The summed E-state index contributed by atoms with van der Waals surface area (Å²) in [6, 6.07) is 16.6. The van der Waals surface area contributed by atoms with Crippen LogP contribution in [0.15, 0.2) is 76.8 Å². The zero-order valence-electron chi connectivity index (χ0n) is 13.8. The summed E-state index contributed by atoms with van der Waals surface area (Å²) >= 11 is 3.49. The fourth-order valence-electron chi connectivity index (χ4n) is 2.58. The molecule has 0 N–H and O–H groups in total. The maximum absolute atomic E-state index is 6.14. The van der Waals surface area contributed by atoms with Crippen molar-refractivity contribution in [3.63, 3.8) is 0 Å². The van der Waals surface area contributed by atoms with Gasteiger partial charge in [0.25, 0.3) is 0 Å². The number of rotatable bonds is 5. The molecule has 0 amide bonds. The topological polar surface area (TPSA) is 21.6 Å². The molecule has 0 unspecified atom stereocenters. The second kappa shape index (κ2) is 7.21. The summed E-state index contributed by atoms with van der Waals surface area (Å²) in [7, 11) is 0. The first kappa shape index (κ1) is 16.1. The maximum Gasteiger partial charge on any atom is 0.138 e. The first-order valence-corrected chi connectivity index (χ1v) is 9.77. The van der Waals surface area contributed by atoms with Crippen LogP contribution in [0.3, 0.4) is 0 Å². The largest absolute Gasteiger partial charge is 0.487 e. The minimum absolute atomic E-state index is 0.565. The lowest BCUT2D eigenvalue weighted by atomic mass is 10.2. The standard InChI is InChI=1S/C21H17NOS2/c1-15-9-10-17(22-15)12-20-18(23-14-16-6-3-2-4-7-16)13-21(25-20)19-8-5-11-24-19/h2-13H,14H2,1H3/b17-12+. The van der Waals surface area contributed by atoms with E-state index in [0.29, 0.717) is 6.61 Å². The minimum atomic E-state index is 0.565. The van der Waals surface area contributed by atoms with Crippen LogP contribution in [0.2, 0.25) is 0 Å². The minimum Gasteiger partial charge on any atom is -0.487 e. The Morgan fingerprint density at radius 2 is 1.92 bits per heavy atom. The van der Waals surface area contributed by atoms with Crippen LogP contribution in [0, 0.1) is 0 Å². The van der Waals surface area contributed by atoms with E-state index in [1.165, 1.54) is 15.3 Å². The molecule has 0 spiro atoms. The Morgan fingerprint density at radius 1 is 1.04 bits per heavy atom. The van der Waals surface area contributed by atoms with Crippen molar-refractivity contribution in [1.82, 2.24) is 0 Å². The lowest BCUT2D eigenvalue weighted by Crippen LogP contribution is -1.94. The number of ether oxygens (including phenoxy) is 1. The fraction of sp³-hybridized carbons (Fsp3) is 0.0952. The van der Waals surface area contributed by atoms with Gasteiger partial charge in [-0.15, -0.1) is 22.7 Å². The Hall–Kier alpha value is -2.43. The van der Waals surface area contributed by atoms with Crippen molar-refractivity contribution in [2.24, 2.45) is 4.99 Å². The normalized spacial score (nSPS) is 14.9. The summed E-state index contributed by atoms with van der Waals surface area (Å²) in [6.07, 6.45) is 6.18. The van der Waals surface area contributed by atoms with Gasteiger partial charge in [-0.3, -0.25) is 4.99 Å². The van der Waals surface area contributed by atoms with Gasteiger partial charge in [0.15, 0.2) is 0 Å². The molecule has 0 saturated heterocycles. The lowest BCUT2D eigenvalue weighted by Gasteiger charge is -2.05. The van der Waals surface area contributed by atoms with Crippen molar-refractivity contribution in [3.8, 4) is 15.5 Å². The average Bonchev–Trinajstić information content (AvgIpc) is 3.36. The molecule has 4 heteroatoms. The smallest absolute Gasteiger partial charge is 0.138 e. The van der Waals surface area contributed by atoms with Gasteiger partial charge in [-0.2, -0.15) is 0 Å². The third-order valence-corrected chi connectivity index (χ3v) is 5.93. The SMILES string of the molecule is CC1=N/C(=C/c2sc(-c3cccs3)cc2OCc2ccccc2)C=C1. The fourth-order valence-corrected chi connectivity index (χ4v) is 4.45. The van der Waals surface area contributed by atoms with Crippen LogP contribution in [0.4, 0.5) is 0 Å². The summed E-state index contributed by atoms with van der Waals surface area (Å²) in [5.41, 5.74) is 3.18. The molecule has 0 aliphatic carbocycles. The third kappa shape index (κ3) is 3.81. The lowest BCUT2D eigenvalue weighted by molar-refractivity contribution is 0.307. The van der Waals surface area contributed by atoms with Gasteiger partial charge in [0.2, 0.25) is 0 Å². The number of hydrogen-bond acceptors (Lipinski definition) is 4. The number of aliphatic imine (C=N–C) groups is 1. The zero-order chi connectivity index (χ0) is 17.1. The van der Waals surface area contributed by atoms with Crippen molar-refractivity contribution in [3.05, 3.63) is 82.2 Å². The predicted octanol–water partition coefficient (Wildman–Crippen LogP) is 6.43. The predicted molar refractivity (Wildman–Crippen MR) is 109 cm³/mol. The highest BCUT2D eigenvalue weighted by atomic mass is 32.1. The van der Waals surface area contributed by atoms with Crippen LogP contribution < -0.4 is 4.74 Å². The molecule has 3 heterocycles. The average molecular weight is 364 g/mol. The number of allylic oxidation sites excluding steroid dienone is 2. The van der Waals surface area contributed by atoms with Gasteiger partial charge in [0.05, 0.1) is 10.6 Å². The molecular weight excluding hydrogens is 346 g/mol. The van der Waals surface area contributed by atoms with E-state index >= 15 is 0 Å². The summed E-state index contributed by atoms with van der Waals surface area (Å²) in [5, 5.41) is 2.10. The van der Waals surface area contributed by atoms with Crippen molar-refractivity contribution in [2.75, 3.05) is 0 Å². The first-order chi connectivity index (χ1) is 12.3. The molecule has 0 bridgehead atoms. The van der Waals surface area contributed by atoms with Crippen LogP contribution in [-0.2, 0) is 6.61 Å². The van der Waals surface area contributed by atoms with Crippen molar-refractivity contribution in [2.45, 2.75) is 13.5 Å². The monoisotopic (exact) mass is 363 g/mol. The van der Waals surface area contributed by atoms with E-state index in [4.69, 9.17) is 4.74 Å². The van der Waals surface area contributed by atoms with Crippen LogP contribution >= 0.6 is 22.7 Å². The number of hydrogen-bond donors (Lipinski definition) is 0. The van der Waals surface area contributed by atoms with Gasteiger partial charge >= 0.3 is 0 Å². The second-order valence-corrected chi connectivity index (χ2v) is 7.78. The molecule has 2 nitrogen and oxygen atoms in total. The Morgan fingerprint density at radius 3 is 2.64 bits per heavy atom. The Kier molecular flexibility index (Phi) is 4.63. The van der Waals surface area contributed by atoms with E-state index in [-0.39, 0.29) is 0 Å². The molecule has 4 rings (SSSR count). The molecule has 25 heavy (non-hydrogen) atoms. The highest BCUT2D eigenvalue weighted by molar-refractivity contribution is 7.22. The molecule has 1 aromatic carbocycles. The Labute approximate surface area is 155 Å². The van der Waals surface area contributed by atoms with Crippen molar-refractivity contribution >= 4 is 34.5 Å². The van der Waals surface area contributed by atoms with Gasteiger partial charge < -0.3 is 4.74 Å². The molecule has 1 aliphatic heterocycles. The van der Waals surface area contributed by atoms with E-state index in [1.54, 1.807) is 22.7 Å². The van der Waals surface area contributed by atoms with Crippen molar-refractivity contribution in [1.29, 1.82) is 0 Å². The van der Waals surface area contributed by atoms with Crippen molar-refractivity contribution < 1.29 is 4.74 Å². The molecule has 2 aromatic heterocycles. The molecule has 1 aliphatic rings. The van der Waals surface area contributed by atoms with Gasteiger partial charge in [0.1, 0.15) is 12.4 Å². The van der Waals surface area contributed by atoms with Crippen LogP contribution in [0.1, 0.15) is 17.4 Å². The molecule has 0 atom stereocenters. The van der Waals surface area contributed by atoms with Gasteiger partial charge in [-0.1, -0.05) is 36.4 Å². The van der Waals surface area contributed by atoms with E-state index in [9.17, 15) is 0 Å². The Balaban J connectivity index is 1.65. The summed E-state index contributed by atoms with van der Waals surface area (Å²) in [4.78, 5) is 8.14. The van der Waals surface area contributed by atoms with E-state index in [0.717, 1.165) is 22.0 Å². The summed E-state index contributed by atoms with van der Waals surface area (Å²) in [5.74, 6) is 0.915. The highest BCUT2D eigenvalue weighted by Gasteiger charge is 2.13. The van der Waals surface area contributed by atoms with Crippen LogP contribution in [-0.4, -0.2) is 5.71 Å². The Bertz CT molecular complexity index is 947. The van der Waals surface area contributed by atoms with Gasteiger partial charge in [0, 0.05) is 21.5 Å². The van der Waals surface area contributed by atoms with Gasteiger partial charge in [-0.25, -0.2) is 0 Å². The molecule has 0 saturated carbocycles. The molecule has 3 aromatic rings. The second-order valence-electron chi connectivity index (χ2n) is 5.75. The summed E-state index contributed by atoms with van der Waals surface area (Å²) < 4.78 is 6.14. The van der Waals surface area contributed by atoms with E-state index in [1.807, 2.05) is 37.3 Å². The molecular formula is C21H17NOS2. The first-order valence-electron chi connectivity index (χ1n) is 8.07. The third-order valence-electron chi connectivity index (χ3n) is 3.81. The van der Waals surface area contributed by atoms with Crippen LogP contribution in [0.5, 0.6) is 5.75 Å². The van der Waals surface area contributed by atoms with E-state index < -0.39 is 0 Å². The number of thiophene rings is 2. The molecule has 0 fully saturated rings. The number of benzene rings is 1. The molecule has 0 radical (unpaired) electrons. The molecule has 124 valence electrons. The quantitative estimate of drug-likeness (QED) is 0.512.